The average Bonchev–Trinajstić information content (AvgIpc) is 2.97. The monoisotopic (exact) mass is 499 g/mol. The van der Waals surface area contributed by atoms with E-state index in [2.05, 4.69) is 15.0 Å². The van der Waals surface area contributed by atoms with Crippen LogP contribution in [0.25, 0.3) is 11.1 Å². The molecule has 0 bridgehead atoms. The maximum atomic E-state index is 13.4. The van der Waals surface area contributed by atoms with Crippen molar-refractivity contribution in [3.63, 3.8) is 0 Å². The van der Waals surface area contributed by atoms with Gasteiger partial charge < -0.3 is 24.6 Å². The molecule has 1 amide bonds. The van der Waals surface area contributed by atoms with Gasteiger partial charge in [0.25, 0.3) is 5.91 Å². The summed E-state index contributed by atoms with van der Waals surface area (Å²) in [7, 11) is 2.47. The lowest BCUT2D eigenvalue weighted by molar-refractivity contribution is -0.138. The molecule has 0 atom stereocenters. The highest BCUT2D eigenvalue weighted by Gasteiger charge is 2.24. The molecule has 1 aliphatic heterocycles. The molecule has 1 saturated heterocycles. The Morgan fingerprint density at radius 3 is 2.08 bits per heavy atom. The number of nitrogens with zero attached hydrogens (tertiary/aromatic N) is 2. The Bertz CT molecular complexity index is 1280. The molecule has 0 aliphatic carbocycles. The Hall–Kier alpha value is -4.59. The molecule has 37 heavy (non-hydrogen) atoms. The summed E-state index contributed by atoms with van der Waals surface area (Å²) in [5.41, 5.74) is 4.26. The first-order valence-corrected chi connectivity index (χ1v) is 11.9. The van der Waals surface area contributed by atoms with Crippen molar-refractivity contribution in [2.75, 3.05) is 50.6 Å². The zero-order chi connectivity index (χ0) is 26.2. The maximum absolute atomic E-state index is 13.4. The summed E-state index contributed by atoms with van der Waals surface area (Å²) in [6.07, 6.45) is 1.05. The third kappa shape index (κ3) is 6.16. The van der Waals surface area contributed by atoms with Crippen LogP contribution in [-0.2, 0) is 19.1 Å². The molecule has 8 heteroatoms. The number of hydrogen-bond donors (Lipinski definition) is 1. The molecule has 3 aromatic carbocycles. The van der Waals surface area contributed by atoms with Gasteiger partial charge in [-0.25, -0.2) is 9.59 Å². The summed E-state index contributed by atoms with van der Waals surface area (Å²) in [6, 6.07) is 25.2. The van der Waals surface area contributed by atoms with Crippen molar-refractivity contribution in [3.8, 4) is 11.1 Å². The number of hydrogen-bond acceptors (Lipinski definition) is 7. The molecule has 8 nitrogen and oxygen atoms in total. The van der Waals surface area contributed by atoms with Gasteiger partial charge in [0.1, 0.15) is 5.70 Å². The fourth-order valence-corrected chi connectivity index (χ4v) is 4.22. The molecule has 0 radical (unpaired) electrons. The number of anilines is 2. The third-order valence-electron chi connectivity index (χ3n) is 6.19. The van der Waals surface area contributed by atoms with Gasteiger partial charge in [0.15, 0.2) is 0 Å². The Morgan fingerprint density at radius 1 is 0.784 bits per heavy atom. The number of esters is 2. The molecule has 3 aromatic rings. The summed E-state index contributed by atoms with van der Waals surface area (Å²) in [5, 5.41) is 2.90. The quantitative estimate of drug-likeness (QED) is 0.389. The fourth-order valence-electron chi connectivity index (χ4n) is 4.22. The molecule has 1 heterocycles. The lowest BCUT2D eigenvalue weighted by atomic mass is 9.98. The van der Waals surface area contributed by atoms with Crippen LogP contribution in [0.1, 0.15) is 10.4 Å². The van der Waals surface area contributed by atoms with Crippen LogP contribution in [0.2, 0.25) is 0 Å². The third-order valence-corrected chi connectivity index (χ3v) is 6.19. The number of ether oxygens (including phenoxy) is 2. The van der Waals surface area contributed by atoms with E-state index in [0.717, 1.165) is 22.9 Å². The van der Waals surface area contributed by atoms with Crippen LogP contribution in [0, 0.1) is 0 Å². The second-order valence-corrected chi connectivity index (χ2v) is 8.44. The summed E-state index contributed by atoms with van der Waals surface area (Å²) in [6.45, 7) is 2.61. The number of carbonyl (C=O) groups is 3. The van der Waals surface area contributed by atoms with Crippen LogP contribution in [-0.4, -0.2) is 63.1 Å². The van der Waals surface area contributed by atoms with Gasteiger partial charge in [0.05, 0.1) is 20.3 Å². The van der Waals surface area contributed by atoms with Crippen molar-refractivity contribution in [2.24, 2.45) is 0 Å². The SMILES string of the molecule is COC(=O)/C=C(/Nc1ccc(N2CCN(C(=O)c3ccccc3-c3ccccc3)CC2)cc1)C(=O)OC. The van der Waals surface area contributed by atoms with Gasteiger partial charge in [0.2, 0.25) is 0 Å². The molecule has 1 aliphatic rings. The average molecular weight is 500 g/mol. The molecule has 0 aromatic heterocycles. The van der Waals surface area contributed by atoms with Gasteiger partial charge in [-0.05, 0) is 41.5 Å². The van der Waals surface area contributed by atoms with Crippen molar-refractivity contribution >= 4 is 29.2 Å². The number of carbonyl (C=O) groups excluding carboxylic acids is 3. The Balaban J connectivity index is 1.40. The lowest BCUT2D eigenvalue weighted by Gasteiger charge is -2.36. The van der Waals surface area contributed by atoms with E-state index in [1.54, 1.807) is 0 Å². The molecule has 0 saturated carbocycles. The first-order chi connectivity index (χ1) is 18.0. The number of amides is 1. The first kappa shape index (κ1) is 25.5. The van der Waals surface area contributed by atoms with E-state index in [4.69, 9.17) is 4.74 Å². The Kier molecular flexibility index (Phi) is 8.20. The van der Waals surface area contributed by atoms with Gasteiger partial charge in [-0.3, -0.25) is 4.79 Å². The van der Waals surface area contributed by atoms with E-state index < -0.39 is 11.9 Å². The predicted octanol–water partition coefficient (Wildman–Crippen LogP) is 3.96. The highest BCUT2D eigenvalue weighted by Crippen LogP contribution is 2.26. The van der Waals surface area contributed by atoms with Crippen LogP contribution >= 0.6 is 0 Å². The van der Waals surface area contributed by atoms with Crippen molar-refractivity contribution in [3.05, 3.63) is 96.2 Å². The summed E-state index contributed by atoms with van der Waals surface area (Å²) >= 11 is 0. The van der Waals surface area contributed by atoms with E-state index in [1.165, 1.54) is 14.2 Å². The molecular formula is C29H29N3O5. The second kappa shape index (κ2) is 11.9. The first-order valence-electron chi connectivity index (χ1n) is 11.9. The van der Waals surface area contributed by atoms with E-state index in [9.17, 15) is 14.4 Å². The van der Waals surface area contributed by atoms with Crippen LogP contribution in [0.3, 0.4) is 0 Å². The molecule has 190 valence electrons. The van der Waals surface area contributed by atoms with Crippen LogP contribution in [0.15, 0.2) is 90.6 Å². The zero-order valence-electron chi connectivity index (χ0n) is 20.8. The number of nitrogens with one attached hydrogen (secondary N) is 1. The molecule has 0 unspecified atom stereocenters. The standard InChI is InChI=1S/C29H29N3O5/c1-36-27(33)20-26(29(35)37-2)30-22-12-14-23(15-13-22)31-16-18-32(19-17-31)28(34)25-11-7-6-10-24(25)21-8-4-3-5-9-21/h3-15,20,30H,16-19H2,1-2H3/b26-20+. The number of benzene rings is 3. The topological polar surface area (TPSA) is 88.2 Å². The fraction of sp³-hybridized carbons (Fsp3) is 0.207. The van der Waals surface area contributed by atoms with E-state index in [-0.39, 0.29) is 11.6 Å². The molecule has 0 spiro atoms. The predicted molar refractivity (Wildman–Crippen MR) is 142 cm³/mol. The van der Waals surface area contributed by atoms with Gasteiger partial charge in [-0.15, -0.1) is 0 Å². The summed E-state index contributed by atoms with van der Waals surface area (Å²) in [5.74, 6) is -1.31. The van der Waals surface area contributed by atoms with E-state index in [1.807, 2.05) is 83.8 Å². The van der Waals surface area contributed by atoms with Crippen LogP contribution in [0.4, 0.5) is 11.4 Å². The minimum atomic E-state index is -0.677. The largest absolute Gasteiger partial charge is 0.466 e. The smallest absolute Gasteiger partial charge is 0.354 e. The van der Waals surface area contributed by atoms with E-state index in [0.29, 0.717) is 37.4 Å². The van der Waals surface area contributed by atoms with Gasteiger partial charge >= 0.3 is 11.9 Å². The van der Waals surface area contributed by atoms with Crippen LogP contribution in [0.5, 0.6) is 0 Å². The number of methoxy groups -OCH3 is 2. The highest BCUT2D eigenvalue weighted by molar-refractivity contribution is 6.01. The van der Waals surface area contributed by atoms with Gasteiger partial charge in [-0.1, -0.05) is 48.5 Å². The van der Waals surface area contributed by atoms with Gasteiger partial charge in [-0.2, -0.15) is 0 Å². The van der Waals surface area contributed by atoms with Crippen molar-refractivity contribution in [2.45, 2.75) is 0 Å². The highest BCUT2D eigenvalue weighted by atomic mass is 16.5. The number of rotatable bonds is 7. The number of piperazine rings is 1. The van der Waals surface area contributed by atoms with Crippen molar-refractivity contribution in [1.82, 2.24) is 4.90 Å². The normalized spacial score (nSPS) is 13.6. The van der Waals surface area contributed by atoms with E-state index >= 15 is 0 Å². The summed E-state index contributed by atoms with van der Waals surface area (Å²) in [4.78, 5) is 41.0. The molecule has 1 fully saturated rings. The van der Waals surface area contributed by atoms with Crippen LogP contribution < -0.4 is 10.2 Å². The van der Waals surface area contributed by atoms with Crippen molar-refractivity contribution < 1.29 is 23.9 Å². The summed E-state index contributed by atoms with van der Waals surface area (Å²) < 4.78 is 9.32. The van der Waals surface area contributed by atoms with Crippen molar-refractivity contribution in [1.29, 1.82) is 0 Å². The second-order valence-electron chi connectivity index (χ2n) is 8.44. The zero-order valence-corrected chi connectivity index (χ0v) is 20.8. The Morgan fingerprint density at radius 2 is 1.43 bits per heavy atom. The minimum absolute atomic E-state index is 0.0231. The van der Waals surface area contributed by atoms with Gasteiger partial charge in [0, 0.05) is 43.1 Å². The molecule has 1 N–H and O–H groups in total. The Labute approximate surface area is 216 Å². The maximum Gasteiger partial charge on any atom is 0.354 e. The lowest BCUT2D eigenvalue weighted by Crippen LogP contribution is -2.48. The molecular weight excluding hydrogens is 470 g/mol. The minimum Gasteiger partial charge on any atom is -0.466 e. The molecule has 4 rings (SSSR count).